The number of hydrogen-bond donors (Lipinski definition) is 1. The number of nitrogens with zero attached hydrogens (tertiary/aromatic N) is 1. The van der Waals surface area contributed by atoms with E-state index in [9.17, 15) is 13.2 Å². The topological polar surface area (TPSA) is 85.4 Å². The summed E-state index contributed by atoms with van der Waals surface area (Å²) in [5.74, 6) is -0.552. The molecule has 0 aliphatic heterocycles. The zero-order chi connectivity index (χ0) is 16.2. The molecule has 1 rings (SSSR count). The van der Waals surface area contributed by atoms with Gasteiger partial charge in [-0.3, -0.25) is 4.79 Å². The molecule has 0 aliphatic rings. The molecule has 0 aromatic carbocycles. The van der Waals surface area contributed by atoms with Gasteiger partial charge in [0.15, 0.2) is 0 Å². The van der Waals surface area contributed by atoms with Crippen LogP contribution in [0.25, 0.3) is 0 Å². The van der Waals surface area contributed by atoms with Crippen molar-refractivity contribution in [1.29, 1.82) is 0 Å². The first-order chi connectivity index (χ1) is 9.67. The van der Waals surface area contributed by atoms with Crippen LogP contribution in [0.1, 0.15) is 20.3 Å². The van der Waals surface area contributed by atoms with Gasteiger partial charge in [-0.2, -0.15) is 4.72 Å². The normalized spacial score (nSPS) is 13.2. The molecule has 6 nitrogen and oxygen atoms in total. The lowest BCUT2D eigenvalue weighted by Crippen LogP contribution is -2.42. The van der Waals surface area contributed by atoms with Crippen LogP contribution >= 0.6 is 23.2 Å². The molecule has 21 heavy (non-hydrogen) atoms. The lowest BCUT2D eigenvalue weighted by atomic mass is 10.1. The fourth-order valence-corrected chi connectivity index (χ4v) is 3.11. The highest BCUT2D eigenvalue weighted by atomic mass is 35.5. The minimum Gasteiger partial charge on any atom is -0.468 e. The van der Waals surface area contributed by atoms with Gasteiger partial charge in [0.25, 0.3) is 0 Å². The largest absolute Gasteiger partial charge is 0.468 e. The molecule has 0 fully saturated rings. The van der Waals surface area contributed by atoms with Crippen LogP contribution in [-0.2, 0) is 19.6 Å². The van der Waals surface area contributed by atoms with Crippen molar-refractivity contribution >= 4 is 39.2 Å². The van der Waals surface area contributed by atoms with Crippen molar-refractivity contribution in [2.75, 3.05) is 7.11 Å². The predicted octanol–water partition coefficient (Wildman–Crippen LogP) is 2.25. The molecule has 0 radical (unpaired) electrons. The number of hydrogen-bond acceptors (Lipinski definition) is 5. The van der Waals surface area contributed by atoms with Crippen molar-refractivity contribution in [3.8, 4) is 0 Å². The highest BCUT2D eigenvalue weighted by Gasteiger charge is 2.27. The summed E-state index contributed by atoms with van der Waals surface area (Å²) in [5.41, 5.74) is 0. The summed E-state index contributed by atoms with van der Waals surface area (Å²) < 4.78 is 31.4. The first kappa shape index (κ1) is 18.2. The maximum absolute atomic E-state index is 12.2. The van der Waals surface area contributed by atoms with Gasteiger partial charge in [-0.25, -0.2) is 13.4 Å². The summed E-state index contributed by atoms with van der Waals surface area (Å²) in [6.07, 6.45) is 1.38. The standard InChI is InChI=1S/C12H16Cl2N2O4S/c1-7(2)4-10(12(17)20-3)16-21(18,19)8-5-9(13)11(14)15-6-8/h5-7,10,16H,4H2,1-3H3. The quantitative estimate of drug-likeness (QED) is 0.625. The minimum absolute atomic E-state index is 0.00214. The minimum atomic E-state index is -3.96. The molecular weight excluding hydrogens is 339 g/mol. The van der Waals surface area contributed by atoms with Crippen LogP contribution in [0.5, 0.6) is 0 Å². The molecule has 0 bridgehead atoms. The van der Waals surface area contributed by atoms with Gasteiger partial charge in [0.2, 0.25) is 10.0 Å². The Hall–Kier alpha value is -0.890. The molecular formula is C12H16Cl2N2O4S. The highest BCUT2D eigenvalue weighted by Crippen LogP contribution is 2.22. The number of sulfonamides is 1. The van der Waals surface area contributed by atoms with Crippen molar-refractivity contribution in [2.45, 2.75) is 31.2 Å². The van der Waals surface area contributed by atoms with Gasteiger partial charge in [0.1, 0.15) is 16.1 Å². The van der Waals surface area contributed by atoms with E-state index in [0.29, 0.717) is 6.42 Å². The number of carbonyl (C=O) groups is 1. The monoisotopic (exact) mass is 354 g/mol. The number of pyridine rings is 1. The molecule has 0 amide bonds. The SMILES string of the molecule is COC(=O)C(CC(C)C)NS(=O)(=O)c1cnc(Cl)c(Cl)c1. The molecule has 1 N–H and O–H groups in total. The Bertz CT molecular complexity index is 620. The van der Waals surface area contributed by atoms with E-state index in [2.05, 4.69) is 14.4 Å². The summed E-state index contributed by atoms with van der Waals surface area (Å²) in [6, 6.07) is 0.192. The van der Waals surface area contributed by atoms with Crippen LogP contribution < -0.4 is 4.72 Å². The average Bonchev–Trinajstić information content (AvgIpc) is 2.39. The highest BCUT2D eigenvalue weighted by molar-refractivity contribution is 7.89. The second-order valence-corrected chi connectivity index (χ2v) is 7.25. The van der Waals surface area contributed by atoms with Gasteiger partial charge in [0, 0.05) is 6.20 Å². The molecule has 9 heteroatoms. The van der Waals surface area contributed by atoms with Crippen LogP contribution in [0, 0.1) is 5.92 Å². The van der Waals surface area contributed by atoms with E-state index in [1.54, 1.807) is 0 Å². The molecule has 0 saturated heterocycles. The van der Waals surface area contributed by atoms with Crippen molar-refractivity contribution in [3.05, 3.63) is 22.4 Å². The molecule has 0 saturated carbocycles. The maximum Gasteiger partial charge on any atom is 0.323 e. The van der Waals surface area contributed by atoms with Gasteiger partial charge in [-0.15, -0.1) is 0 Å². The van der Waals surface area contributed by atoms with Crippen molar-refractivity contribution in [3.63, 3.8) is 0 Å². The number of ether oxygens (including phenoxy) is 1. The van der Waals surface area contributed by atoms with E-state index >= 15 is 0 Å². The molecule has 0 aliphatic carbocycles. The van der Waals surface area contributed by atoms with Gasteiger partial charge in [-0.05, 0) is 18.4 Å². The second-order valence-electron chi connectivity index (χ2n) is 4.77. The zero-order valence-corrected chi connectivity index (χ0v) is 14.1. The summed E-state index contributed by atoms with van der Waals surface area (Å²) in [6.45, 7) is 3.73. The van der Waals surface area contributed by atoms with Crippen molar-refractivity contribution < 1.29 is 17.9 Å². The average molecular weight is 355 g/mol. The Morgan fingerprint density at radius 2 is 2.05 bits per heavy atom. The van der Waals surface area contributed by atoms with Crippen molar-refractivity contribution in [1.82, 2.24) is 9.71 Å². The number of aromatic nitrogens is 1. The molecule has 1 aromatic heterocycles. The van der Waals surface area contributed by atoms with E-state index < -0.39 is 22.0 Å². The predicted molar refractivity (Wildman–Crippen MR) is 79.8 cm³/mol. The smallest absolute Gasteiger partial charge is 0.323 e. The van der Waals surface area contributed by atoms with Gasteiger partial charge in [0.05, 0.1) is 12.1 Å². The molecule has 1 unspecified atom stereocenters. The Balaban J connectivity index is 3.05. The fourth-order valence-electron chi connectivity index (χ4n) is 1.61. The third kappa shape index (κ3) is 5.10. The van der Waals surface area contributed by atoms with E-state index in [-0.39, 0.29) is 21.0 Å². The number of esters is 1. The fraction of sp³-hybridized carbons (Fsp3) is 0.500. The zero-order valence-electron chi connectivity index (χ0n) is 11.8. The Morgan fingerprint density at radius 1 is 1.43 bits per heavy atom. The van der Waals surface area contributed by atoms with Crippen LogP contribution in [0.3, 0.4) is 0 Å². The first-order valence-corrected chi connectivity index (χ1v) is 8.32. The number of methoxy groups -OCH3 is 1. The molecule has 1 heterocycles. The van der Waals surface area contributed by atoms with Crippen LogP contribution in [0.4, 0.5) is 0 Å². The Morgan fingerprint density at radius 3 is 2.52 bits per heavy atom. The Kier molecular flexibility index (Phi) is 6.40. The van der Waals surface area contributed by atoms with Crippen LogP contribution in [0.15, 0.2) is 17.2 Å². The lowest BCUT2D eigenvalue weighted by molar-refractivity contribution is -0.143. The van der Waals surface area contributed by atoms with Gasteiger partial charge >= 0.3 is 5.97 Å². The Labute approximate surface area is 133 Å². The number of halogens is 2. The van der Waals surface area contributed by atoms with Crippen molar-refractivity contribution in [2.24, 2.45) is 5.92 Å². The number of nitrogens with one attached hydrogen (secondary N) is 1. The number of rotatable bonds is 6. The maximum atomic E-state index is 12.2. The third-order valence-corrected chi connectivity index (χ3v) is 4.70. The van der Waals surface area contributed by atoms with E-state index in [1.165, 1.54) is 13.2 Å². The van der Waals surface area contributed by atoms with Crippen LogP contribution in [0.2, 0.25) is 10.2 Å². The third-order valence-electron chi connectivity index (χ3n) is 2.57. The lowest BCUT2D eigenvalue weighted by Gasteiger charge is -2.18. The number of carbonyl (C=O) groups excluding carboxylic acids is 1. The molecule has 1 aromatic rings. The van der Waals surface area contributed by atoms with E-state index in [0.717, 1.165) is 6.20 Å². The molecule has 1 atom stereocenters. The molecule has 0 spiro atoms. The second kappa shape index (κ2) is 7.40. The van der Waals surface area contributed by atoms with Gasteiger partial charge < -0.3 is 4.74 Å². The van der Waals surface area contributed by atoms with Gasteiger partial charge in [-0.1, -0.05) is 37.0 Å². The summed E-state index contributed by atoms with van der Waals surface area (Å²) in [7, 11) is -2.76. The van der Waals surface area contributed by atoms with E-state index in [1.807, 2.05) is 13.8 Å². The molecule has 118 valence electrons. The summed E-state index contributed by atoms with van der Waals surface area (Å²) in [5, 5.41) is 0.0142. The van der Waals surface area contributed by atoms with E-state index in [4.69, 9.17) is 23.2 Å². The summed E-state index contributed by atoms with van der Waals surface area (Å²) in [4.78, 5) is 15.2. The summed E-state index contributed by atoms with van der Waals surface area (Å²) >= 11 is 11.4. The first-order valence-electron chi connectivity index (χ1n) is 6.08. The van der Waals surface area contributed by atoms with Crippen LogP contribution in [-0.4, -0.2) is 32.5 Å².